The number of nitro benzene ring substituents is 1. The quantitative estimate of drug-likeness (QED) is 0.361. The van der Waals surface area contributed by atoms with Gasteiger partial charge in [0.05, 0.1) is 9.80 Å². The third-order valence-corrected chi connectivity index (χ3v) is 4.96. The first kappa shape index (κ1) is 17.1. The summed E-state index contributed by atoms with van der Waals surface area (Å²) < 4.78 is 5.36. The van der Waals surface area contributed by atoms with Crippen LogP contribution in [-0.2, 0) is 4.79 Å². The lowest BCUT2D eigenvalue weighted by Gasteiger charge is -2.22. The molecule has 1 aromatic carbocycles. The Balaban J connectivity index is 1.73. The maximum absolute atomic E-state index is 12.5. The predicted octanol–water partition coefficient (Wildman–Crippen LogP) is 3.17. The van der Waals surface area contributed by atoms with Gasteiger partial charge in [-0.25, -0.2) is 4.79 Å². The molecule has 7 nitrogen and oxygen atoms in total. The number of benzene rings is 1. The number of aryl methyl sites for hydroxylation is 1. The Bertz CT molecular complexity index is 818. The van der Waals surface area contributed by atoms with Gasteiger partial charge in [0.1, 0.15) is 11.8 Å². The fourth-order valence-corrected chi connectivity index (χ4v) is 3.56. The van der Waals surface area contributed by atoms with E-state index in [1.165, 1.54) is 34.4 Å². The summed E-state index contributed by atoms with van der Waals surface area (Å²) in [6.07, 6.45) is 1.28. The summed E-state index contributed by atoms with van der Waals surface area (Å²) >= 11 is 1.33. The Morgan fingerprint density at radius 2 is 2.16 bits per heavy atom. The van der Waals surface area contributed by atoms with Crippen molar-refractivity contribution >= 4 is 28.9 Å². The lowest BCUT2D eigenvalue weighted by molar-refractivity contribution is -0.385. The van der Waals surface area contributed by atoms with Crippen molar-refractivity contribution in [3.05, 3.63) is 56.3 Å². The minimum atomic E-state index is -0.634. The fourth-order valence-electron chi connectivity index (χ4n) is 2.88. The molecule has 2 aromatic rings. The Hall–Kier alpha value is -2.74. The lowest BCUT2D eigenvalue weighted by atomic mass is 10.2. The van der Waals surface area contributed by atoms with Gasteiger partial charge in [-0.3, -0.25) is 14.9 Å². The molecule has 1 unspecified atom stereocenters. The minimum Gasteiger partial charge on any atom is -0.425 e. The topological polar surface area (TPSA) is 89.8 Å². The molecule has 25 heavy (non-hydrogen) atoms. The van der Waals surface area contributed by atoms with E-state index in [9.17, 15) is 19.7 Å². The van der Waals surface area contributed by atoms with Gasteiger partial charge in [-0.05, 0) is 43.3 Å². The predicted molar refractivity (Wildman–Crippen MR) is 91.8 cm³/mol. The molecule has 1 atom stereocenters. The highest BCUT2D eigenvalue weighted by Gasteiger charge is 2.36. The van der Waals surface area contributed by atoms with Crippen molar-refractivity contribution in [3.63, 3.8) is 0 Å². The SMILES string of the molecule is Cc1cc(OC(=O)C2CCCN2C(=O)c2cccs2)ccc1[N+](=O)[O-]. The molecule has 1 aliphatic rings. The van der Waals surface area contributed by atoms with E-state index in [1.54, 1.807) is 19.1 Å². The van der Waals surface area contributed by atoms with Gasteiger partial charge < -0.3 is 9.64 Å². The highest BCUT2D eigenvalue weighted by atomic mass is 32.1. The molecule has 130 valence electrons. The summed E-state index contributed by atoms with van der Waals surface area (Å²) in [7, 11) is 0. The molecule has 0 bridgehead atoms. The molecule has 0 aliphatic carbocycles. The number of amides is 1. The molecular weight excluding hydrogens is 344 g/mol. The van der Waals surface area contributed by atoms with Crippen LogP contribution in [-0.4, -0.2) is 34.3 Å². The van der Waals surface area contributed by atoms with Gasteiger partial charge in [0, 0.05) is 18.2 Å². The van der Waals surface area contributed by atoms with Crippen LogP contribution < -0.4 is 4.74 Å². The van der Waals surface area contributed by atoms with E-state index < -0.39 is 16.9 Å². The molecule has 3 rings (SSSR count). The van der Waals surface area contributed by atoms with Gasteiger partial charge in [-0.2, -0.15) is 0 Å². The molecule has 1 fully saturated rings. The van der Waals surface area contributed by atoms with Crippen LogP contribution in [0.4, 0.5) is 5.69 Å². The summed E-state index contributed by atoms with van der Waals surface area (Å²) in [6, 6.07) is 7.04. The summed E-state index contributed by atoms with van der Waals surface area (Å²) in [4.78, 5) is 37.5. The number of hydrogen-bond acceptors (Lipinski definition) is 6. The van der Waals surface area contributed by atoms with Gasteiger partial charge >= 0.3 is 5.97 Å². The van der Waals surface area contributed by atoms with Crippen molar-refractivity contribution in [2.24, 2.45) is 0 Å². The zero-order valence-corrected chi connectivity index (χ0v) is 14.3. The van der Waals surface area contributed by atoms with E-state index >= 15 is 0 Å². The number of rotatable bonds is 4. The summed E-state index contributed by atoms with van der Waals surface area (Å²) in [5.74, 6) is -0.450. The molecule has 0 saturated carbocycles. The van der Waals surface area contributed by atoms with Crippen LogP contribution in [0.3, 0.4) is 0 Å². The van der Waals surface area contributed by atoms with E-state index in [-0.39, 0.29) is 17.3 Å². The van der Waals surface area contributed by atoms with Crippen molar-refractivity contribution in [1.82, 2.24) is 4.90 Å². The lowest BCUT2D eigenvalue weighted by Crippen LogP contribution is -2.42. The Morgan fingerprint density at radius 3 is 2.80 bits per heavy atom. The van der Waals surface area contributed by atoms with Crippen molar-refractivity contribution < 1.29 is 19.2 Å². The summed E-state index contributed by atoms with van der Waals surface area (Å²) in [5.41, 5.74) is 0.378. The monoisotopic (exact) mass is 360 g/mol. The Kier molecular flexibility index (Phi) is 4.80. The number of esters is 1. The number of likely N-dealkylation sites (tertiary alicyclic amines) is 1. The third kappa shape index (κ3) is 3.53. The van der Waals surface area contributed by atoms with Crippen molar-refractivity contribution in [2.75, 3.05) is 6.54 Å². The van der Waals surface area contributed by atoms with Gasteiger partial charge in [0.15, 0.2) is 0 Å². The number of ether oxygens (including phenoxy) is 1. The molecule has 0 N–H and O–H groups in total. The largest absolute Gasteiger partial charge is 0.425 e. The van der Waals surface area contributed by atoms with Crippen LogP contribution in [0, 0.1) is 17.0 Å². The molecular formula is C17H16N2O5S. The second-order valence-electron chi connectivity index (χ2n) is 5.76. The average molecular weight is 360 g/mol. The third-order valence-electron chi connectivity index (χ3n) is 4.10. The van der Waals surface area contributed by atoms with Crippen molar-refractivity contribution in [3.8, 4) is 5.75 Å². The Labute approximate surface area is 148 Å². The number of carbonyl (C=O) groups is 2. The van der Waals surface area contributed by atoms with Crippen LogP contribution in [0.25, 0.3) is 0 Å². The maximum Gasteiger partial charge on any atom is 0.334 e. The summed E-state index contributed by atoms with van der Waals surface area (Å²) in [5, 5.41) is 12.7. The zero-order valence-electron chi connectivity index (χ0n) is 13.5. The van der Waals surface area contributed by atoms with E-state index in [0.717, 1.165) is 6.42 Å². The number of carbonyl (C=O) groups excluding carboxylic acids is 2. The van der Waals surface area contributed by atoms with Gasteiger partial charge in [-0.1, -0.05) is 6.07 Å². The normalized spacial score (nSPS) is 16.7. The number of hydrogen-bond donors (Lipinski definition) is 0. The van der Waals surface area contributed by atoms with Gasteiger partial charge in [-0.15, -0.1) is 11.3 Å². The highest BCUT2D eigenvalue weighted by Crippen LogP contribution is 2.26. The van der Waals surface area contributed by atoms with Crippen molar-refractivity contribution in [2.45, 2.75) is 25.8 Å². The maximum atomic E-state index is 12.5. The van der Waals surface area contributed by atoms with Crippen LogP contribution in [0.1, 0.15) is 28.1 Å². The second-order valence-corrected chi connectivity index (χ2v) is 6.71. The molecule has 1 amide bonds. The minimum absolute atomic E-state index is 0.0323. The smallest absolute Gasteiger partial charge is 0.334 e. The second kappa shape index (κ2) is 7.02. The first-order valence-electron chi connectivity index (χ1n) is 7.78. The molecule has 1 aromatic heterocycles. The number of nitro groups is 1. The molecule has 0 radical (unpaired) electrons. The first-order valence-corrected chi connectivity index (χ1v) is 8.66. The van der Waals surface area contributed by atoms with E-state index in [4.69, 9.17) is 4.74 Å². The number of nitrogens with zero attached hydrogens (tertiary/aromatic N) is 2. The van der Waals surface area contributed by atoms with Gasteiger partial charge in [0.25, 0.3) is 11.6 Å². The average Bonchev–Trinajstić information content (AvgIpc) is 3.25. The Morgan fingerprint density at radius 1 is 1.36 bits per heavy atom. The van der Waals surface area contributed by atoms with Crippen LogP contribution >= 0.6 is 11.3 Å². The summed E-state index contributed by atoms with van der Waals surface area (Å²) in [6.45, 7) is 2.09. The standard InChI is InChI=1S/C17H16N2O5S/c1-11-10-12(6-7-13(11)19(22)23)24-17(21)14-4-2-8-18(14)16(20)15-5-3-9-25-15/h3,5-7,9-10,14H,2,4,8H2,1H3. The van der Waals surface area contributed by atoms with Gasteiger partial charge in [0.2, 0.25) is 0 Å². The molecule has 1 aliphatic heterocycles. The molecule has 8 heteroatoms. The molecule has 1 saturated heterocycles. The fraction of sp³-hybridized carbons (Fsp3) is 0.294. The van der Waals surface area contributed by atoms with Crippen LogP contribution in [0.2, 0.25) is 0 Å². The van der Waals surface area contributed by atoms with E-state index in [2.05, 4.69) is 0 Å². The van der Waals surface area contributed by atoms with Crippen molar-refractivity contribution in [1.29, 1.82) is 0 Å². The van der Waals surface area contributed by atoms with E-state index in [0.29, 0.717) is 23.4 Å². The van der Waals surface area contributed by atoms with Crippen LogP contribution in [0.5, 0.6) is 5.75 Å². The number of thiophene rings is 1. The van der Waals surface area contributed by atoms with E-state index in [1.807, 2.05) is 5.38 Å². The molecule has 0 spiro atoms. The molecule has 2 heterocycles. The zero-order chi connectivity index (χ0) is 18.0. The first-order chi connectivity index (χ1) is 12.0. The highest BCUT2D eigenvalue weighted by molar-refractivity contribution is 7.12. The van der Waals surface area contributed by atoms with Crippen LogP contribution in [0.15, 0.2) is 35.7 Å².